The van der Waals surface area contributed by atoms with E-state index >= 15 is 0 Å². The van der Waals surface area contributed by atoms with Gasteiger partial charge in [0, 0.05) is 19.6 Å². The van der Waals surface area contributed by atoms with Crippen molar-refractivity contribution in [3.05, 3.63) is 0 Å². The molecule has 1 saturated heterocycles. The Morgan fingerprint density at radius 1 is 1.20 bits per heavy atom. The van der Waals surface area contributed by atoms with Gasteiger partial charge in [-0.1, -0.05) is 6.92 Å². The third-order valence-electron chi connectivity index (χ3n) is 2.95. The number of aliphatic hydroxyl groups is 2. The lowest BCUT2D eigenvalue weighted by Gasteiger charge is -2.16. The van der Waals surface area contributed by atoms with Gasteiger partial charge < -0.3 is 25.2 Å². The second-order valence-electron chi connectivity index (χ2n) is 4.64. The number of hydrogen-bond donors (Lipinski definition) is 3. The molecule has 0 spiro atoms. The minimum absolute atomic E-state index is 0.243. The van der Waals surface area contributed by atoms with E-state index in [4.69, 9.17) is 4.74 Å². The largest absolute Gasteiger partial charge is 0.464 e. The fourth-order valence-electron chi connectivity index (χ4n) is 1.93. The van der Waals surface area contributed by atoms with Gasteiger partial charge in [-0.15, -0.1) is 0 Å². The predicted octanol–water partition coefficient (Wildman–Crippen LogP) is -0.366. The zero-order valence-electron chi connectivity index (χ0n) is 11.8. The fraction of sp³-hybridized carbons (Fsp3) is 0.750. The minimum Gasteiger partial charge on any atom is -0.464 e. The van der Waals surface area contributed by atoms with Gasteiger partial charge in [0.1, 0.15) is 0 Å². The molecule has 1 aromatic heterocycles. The van der Waals surface area contributed by atoms with Gasteiger partial charge >= 0.3 is 6.01 Å². The second-order valence-corrected chi connectivity index (χ2v) is 4.64. The highest BCUT2D eigenvalue weighted by Crippen LogP contribution is 2.20. The first-order valence-electron chi connectivity index (χ1n) is 6.87. The number of β-amino-alcohol motifs (C(OH)–C–C–N with tert-alkyl or cyclic N) is 2. The van der Waals surface area contributed by atoms with Crippen molar-refractivity contribution >= 4 is 11.9 Å². The van der Waals surface area contributed by atoms with Crippen LogP contribution in [0.1, 0.15) is 20.3 Å². The topological polar surface area (TPSA) is 104 Å². The Hall–Kier alpha value is -1.67. The van der Waals surface area contributed by atoms with Crippen molar-refractivity contribution < 1.29 is 14.9 Å². The van der Waals surface area contributed by atoms with Crippen molar-refractivity contribution in [2.24, 2.45) is 0 Å². The summed E-state index contributed by atoms with van der Waals surface area (Å²) in [5.74, 6) is 0.842. The molecule has 2 unspecified atom stereocenters. The summed E-state index contributed by atoms with van der Waals surface area (Å²) in [5, 5.41) is 22.3. The van der Waals surface area contributed by atoms with E-state index in [1.807, 2.05) is 13.8 Å². The number of anilines is 2. The number of rotatable bonds is 6. The van der Waals surface area contributed by atoms with Gasteiger partial charge in [0.15, 0.2) is 0 Å². The maximum Gasteiger partial charge on any atom is 0.323 e. The molecule has 20 heavy (non-hydrogen) atoms. The lowest BCUT2D eigenvalue weighted by Crippen LogP contribution is -2.24. The molecule has 1 fully saturated rings. The molecule has 1 aliphatic heterocycles. The van der Waals surface area contributed by atoms with Crippen molar-refractivity contribution in [2.45, 2.75) is 32.5 Å². The highest BCUT2D eigenvalue weighted by Gasteiger charge is 2.31. The molecule has 0 radical (unpaired) electrons. The van der Waals surface area contributed by atoms with Crippen molar-refractivity contribution in [3.63, 3.8) is 0 Å². The third-order valence-corrected chi connectivity index (χ3v) is 2.95. The molecule has 3 N–H and O–H groups in total. The first-order chi connectivity index (χ1) is 9.63. The van der Waals surface area contributed by atoms with Crippen LogP contribution in [0, 0.1) is 0 Å². The lowest BCUT2D eigenvalue weighted by molar-refractivity contribution is 0.0572. The summed E-state index contributed by atoms with van der Waals surface area (Å²) in [5.41, 5.74) is 0. The lowest BCUT2D eigenvalue weighted by atomic mass is 10.3. The Balaban J connectivity index is 2.20. The molecule has 0 saturated carbocycles. The molecule has 8 nitrogen and oxygen atoms in total. The molecule has 0 amide bonds. The smallest absolute Gasteiger partial charge is 0.323 e. The maximum absolute atomic E-state index is 9.60. The van der Waals surface area contributed by atoms with Crippen LogP contribution in [0.25, 0.3) is 0 Å². The zero-order valence-corrected chi connectivity index (χ0v) is 11.8. The third kappa shape index (κ3) is 3.45. The summed E-state index contributed by atoms with van der Waals surface area (Å²) in [7, 11) is 0. The Labute approximate surface area is 117 Å². The molecular formula is C12H21N5O3. The van der Waals surface area contributed by atoms with E-state index in [0.717, 1.165) is 13.0 Å². The molecule has 1 aliphatic rings. The van der Waals surface area contributed by atoms with Crippen LogP contribution in [0.2, 0.25) is 0 Å². The van der Waals surface area contributed by atoms with E-state index in [1.165, 1.54) is 0 Å². The van der Waals surface area contributed by atoms with Gasteiger partial charge in [0.2, 0.25) is 11.9 Å². The van der Waals surface area contributed by atoms with Crippen LogP contribution in [0.4, 0.5) is 11.9 Å². The first kappa shape index (κ1) is 14.7. The predicted molar refractivity (Wildman–Crippen MR) is 74.0 cm³/mol. The maximum atomic E-state index is 9.60. The monoisotopic (exact) mass is 283 g/mol. The zero-order chi connectivity index (χ0) is 14.5. The molecule has 8 heteroatoms. The van der Waals surface area contributed by atoms with Crippen molar-refractivity contribution in [1.29, 1.82) is 0 Å². The minimum atomic E-state index is -0.783. The molecule has 0 aliphatic carbocycles. The van der Waals surface area contributed by atoms with Gasteiger partial charge in [-0.2, -0.15) is 15.0 Å². The Kier molecular flexibility index (Phi) is 4.91. The standard InChI is InChI=1S/C12H21N5O3/c1-3-5-13-10-14-11(16-12(15-10)20-4-2)17-6-8(18)9(19)7-17/h8-9,18-19H,3-7H2,1-2H3,(H,13,14,15,16). The molecule has 112 valence electrons. The molecule has 2 atom stereocenters. The molecular weight excluding hydrogens is 262 g/mol. The molecule has 1 aromatic rings. The van der Waals surface area contributed by atoms with Gasteiger partial charge in [0.25, 0.3) is 0 Å². The average Bonchev–Trinajstić information content (AvgIpc) is 2.77. The van der Waals surface area contributed by atoms with E-state index in [2.05, 4.69) is 20.3 Å². The summed E-state index contributed by atoms with van der Waals surface area (Å²) >= 11 is 0. The SMILES string of the molecule is CCCNc1nc(OCC)nc(N2CC(O)C(O)C2)n1. The number of ether oxygens (including phenoxy) is 1. The Bertz CT molecular complexity index is 435. The van der Waals surface area contributed by atoms with Gasteiger partial charge in [-0.25, -0.2) is 0 Å². The van der Waals surface area contributed by atoms with E-state index < -0.39 is 12.2 Å². The number of nitrogens with one attached hydrogen (secondary N) is 1. The van der Waals surface area contributed by atoms with Gasteiger partial charge in [-0.05, 0) is 13.3 Å². The highest BCUT2D eigenvalue weighted by molar-refractivity contribution is 5.40. The van der Waals surface area contributed by atoms with Crippen LogP contribution in [-0.4, -0.2) is 63.6 Å². The summed E-state index contributed by atoms with van der Waals surface area (Å²) in [6.07, 6.45) is -0.615. The number of aliphatic hydroxyl groups excluding tert-OH is 2. The molecule has 0 bridgehead atoms. The van der Waals surface area contributed by atoms with Gasteiger partial charge in [0.05, 0.1) is 18.8 Å². The van der Waals surface area contributed by atoms with E-state index in [-0.39, 0.29) is 6.01 Å². The van der Waals surface area contributed by atoms with Crippen molar-refractivity contribution in [1.82, 2.24) is 15.0 Å². The average molecular weight is 283 g/mol. The van der Waals surface area contributed by atoms with Crippen LogP contribution >= 0.6 is 0 Å². The molecule has 2 rings (SSSR count). The van der Waals surface area contributed by atoms with E-state index in [1.54, 1.807) is 4.90 Å². The van der Waals surface area contributed by atoms with Crippen LogP contribution in [0.3, 0.4) is 0 Å². The van der Waals surface area contributed by atoms with Crippen molar-refractivity contribution in [3.8, 4) is 6.01 Å². The Morgan fingerprint density at radius 2 is 1.90 bits per heavy atom. The van der Waals surface area contributed by atoms with E-state index in [0.29, 0.717) is 31.6 Å². The van der Waals surface area contributed by atoms with Crippen LogP contribution in [0.15, 0.2) is 0 Å². The number of nitrogens with zero attached hydrogens (tertiary/aromatic N) is 4. The fourth-order valence-corrected chi connectivity index (χ4v) is 1.93. The first-order valence-corrected chi connectivity index (χ1v) is 6.87. The summed E-state index contributed by atoms with van der Waals surface area (Å²) in [6.45, 7) is 5.70. The quantitative estimate of drug-likeness (QED) is 0.650. The summed E-state index contributed by atoms with van der Waals surface area (Å²) < 4.78 is 5.33. The normalized spacial score (nSPS) is 22.1. The Morgan fingerprint density at radius 3 is 2.50 bits per heavy atom. The number of aromatic nitrogens is 3. The van der Waals surface area contributed by atoms with Gasteiger partial charge in [-0.3, -0.25) is 0 Å². The van der Waals surface area contributed by atoms with Crippen LogP contribution in [-0.2, 0) is 0 Å². The number of hydrogen-bond acceptors (Lipinski definition) is 8. The highest BCUT2D eigenvalue weighted by atomic mass is 16.5. The summed E-state index contributed by atoms with van der Waals surface area (Å²) in [4.78, 5) is 14.4. The van der Waals surface area contributed by atoms with E-state index in [9.17, 15) is 10.2 Å². The molecule has 2 heterocycles. The van der Waals surface area contributed by atoms with Crippen LogP contribution in [0.5, 0.6) is 6.01 Å². The van der Waals surface area contributed by atoms with Crippen molar-refractivity contribution in [2.75, 3.05) is 36.5 Å². The second kappa shape index (κ2) is 6.67. The summed E-state index contributed by atoms with van der Waals surface area (Å²) in [6, 6.07) is 0.243. The molecule has 0 aromatic carbocycles. The van der Waals surface area contributed by atoms with Crippen LogP contribution < -0.4 is 15.0 Å².